The van der Waals surface area contributed by atoms with Crippen LogP contribution in [0.4, 0.5) is 5.69 Å². The fraction of sp³-hybridized carbons (Fsp3) is 0.222. The normalized spacial score (nSPS) is 10.8. The van der Waals surface area contributed by atoms with Crippen LogP contribution in [0.15, 0.2) is 18.3 Å². The van der Waals surface area contributed by atoms with E-state index in [1.54, 1.807) is 18.3 Å². The smallest absolute Gasteiger partial charge is 0.0859 e. The molecule has 1 heterocycles. The van der Waals surface area contributed by atoms with Crippen LogP contribution in [0.1, 0.15) is 11.3 Å². The summed E-state index contributed by atoms with van der Waals surface area (Å²) in [4.78, 5) is 4.05. The Hall–Kier alpha value is -1.35. The summed E-state index contributed by atoms with van der Waals surface area (Å²) in [6.07, 6.45) is 5.02. The van der Waals surface area contributed by atoms with E-state index in [1.165, 1.54) is 0 Å². The molecule has 0 saturated heterocycles. The topological polar surface area (TPSA) is 59.1 Å². The number of hydrogen-bond acceptors (Lipinski definition) is 3. The Morgan fingerprint density at radius 3 is 3.08 bits per heavy atom. The average Bonchev–Trinajstić information content (AvgIpc) is 2.08. The molecule has 0 amide bonds. The molecule has 0 bridgehead atoms. The van der Waals surface area contributed by atoms with Crippen LogP contribution in [0.5, 0.6) is 0 Å². The van der Waals surface area contributed by atoms with Crippen LogP contribution in [-0.2, 0) is 0 Å². The quantitative estimate of drug-likeness (QED) is 0.685. The molecule has 0 aliphatic rings. The Kier molecular flexibility index (Phi) is 2.82. The maximum Gasteiger partial charge on any atom is 0.0859 e. The summed E-state index contributed by atoms with van der Waals surface area (Å²) >= 11 is 0. The van der Waals surface area contributed by atoms with Crippen LogP contribution in [0.2, 0.25) is 0 Å². The van der Waals surface area contributed by atoms with Gasteiger partial charge in [0, 0.05) is 6.20 Å². The van der Waals surface area contributed by atoms with Crippen LogP contribution in [0, 0.1) is 6.92 Å². The molecule has 0 unspecified atom stereocenters. The Morgan fingerprint density at radius 2 is 2.42 bits per heavy atom. The number of nitrogen functional groups attached to an aromatic ring is 1. The molecule has 1 rings (SSSR count). The molecule has 0 radical (unpaired) electrons. The first-order valence-electron chi connectivity index (χ1n) is 3.74. The van der Waals surface area contributed by atoms with Gasteiger partial charge in [-0.2, -0.15) is 0 Å². The van der Waals surface area contributed by atoms with Gasteiger partial charge in [0.2, 0.25) is 0 Å². The third-order valence-electron chi connectivity index (χ3n) is 1.62. The molecule has 0 aliphatic carbocycles. The van der Waals surface area contributed by atoms with Gasteiger partial charge in [-0.1, -0.05) is 6.08 Å². The highest BCUT2D eigenvalue weighted by atomic mass is 16.2. The van der Waals surface area contributed by atoms with Crippen molar-refractivity contribution in [2.45, 2.75) is 6.92 Å². The lowest BCUT2D eigenvalue weighted by atomic mass is 10.2. The second-order valence-corrected chi connectivity index (χ2v) is 2.51. The van der Waals surface area contributed by atoms with E-state index in [2.05, 4.69) is 4.98 Å². The first-order valence-corrected chi connectivity index (χ1v) is 3.74. The van der Waals surface area contributed by atoms with Gasteiger partial charge in [-0.25, -0.2) is 0 Å². The summed E-state index contributed by atoms with van der Waals surface area (Å²) in [7, 11) is 0. The standard InChI is InChI=1S/C9H12N2O/c1-7-4-5-11-8(9(7)10)3-2-6-12/h2-5,12H,6,10H2,1H3. The van der Waals surface area contributed by atoms with E-state index in [-0.39, 0.29) is 6.61 Å². The van der Waals surface area contributed by atoms with E-state index in [4.69, 9.17) is 10.8 Å². The van der Waals surface area contributed by atoms with Crippen molar-refractivity contribution in [3.63, 3.8) is 0 Å². The zero-order chi connectivity index (χ0) is 8.97. The maximum absolute atomic E-state index is 8.53. The predicted molar refractivity (Wildman–Crippen MR) is 49.5 cm³/mol. The van der Waals surface area contributed by atoms with Crippen molar-refractivity contribution < 1.29 is 5.11 Å². The summed E-state index contributed by atoms with van der Waals surface area (Å²) < 4.78 is 0. The minimum atomic E-state index is 0.00899. The number of anilines is 1. The zero-order valence-corrected chi connectivity index (χ0v) is 6.99. The molecular formula is C9H12N2O. The minimum absolute atomic E-state index is 0.00899. The summed E-state index contributed by atoms with van der Waals surface area (Å²) in [5.41, 5.74) is 8.11. The van der Waals surface area contributed by atoms with E-state index >= 15 is 0 Å². The number of rotatable bonds is 2. The van der Waals surface area contributed by atoms with E-state index in [0.717, 1.165) is 5.56 Å². The van der Waals surface area contributed by atoms with Gasteiger partial charge in [-0.05, 0) is 24.6 Å². The number of nitrogens with two attached hydrogens (primary N) is 1. The molecule has 0 aliphatic heterocycles. The summed E-state index contributed by atoms with van der Waals surface area (Å²) in [6.45, 7) is 1.93. The summed E-state index contributed by atoms with van der Waals surface area (Å²) in [5, 5.41) is 8.53. The van der Waals surface area contributed by atoms with Crippen molar-refractivity contribution in [2.75, 3.05) is 12.3 Å². The maximum atomic E-state index is 8.53. The monoisotopic (exact) mass is 164 g/mol. The van der Waals surface area contributed by atoms with Crippen molar-refractivity contribution in [1.82, 2.24) is 4.98 Å². The van der Waals surface area contributed by atoms with Crippen molar-refractivity contribution in [2.24, 2.45) is 0 Å². The van der Waals surface area contributed by atoms with Crippen LogP contribution < -0.4 is 5.73 Å². The molecule has 0 saturated carbocycles. The molecule has 0 atom stereocenters. The number of pyridine rings is 1. The van der Waals surface area contributed by atoms with Gasteiger partial charge in [0.15, 0.2) is 0 Å². The SMILES string of the molecule is Cc1ccnc(C=CCO)c1N. The number of aryl methyl sites for hydroxylation is 1. The molecule has 64 valence electrons. The molecule has 3 heteroatoms. The van der Waals surface area contributed by atoms with Crippen LogP contribution >= 0.6 is 0 Å². The van der Waals surface area contributed by atoms with Gasteiger partial charge in [0.25, 0.3) is 0 Å². The van der Waals surface area contributed by atoms with Gasteiger partial charge in [0.1, 0.15) is 0 Å². The molecule has 1 aromatic rings. The molecule has 1 aromatic heterocycles. The van der Waals surface area contributed by atoms with Crippen molar-refractivity contribution in [3.05, 3.63) is 29.6 Å². The lowest BCUT2D eigenvalue weighted by Crippen LogP contribution is -1.95. The van der Waals surface area contributed by atoms with E-state index in [1.807, 2.05) is 13.0 Å². The largest absolute Gasteiger partial charge is 0.397 e. The van der Waals surface area contributed by atoms with E-state index in [0.29, 0.717) is 11.4 Å². The van der Waals surface area contributed by atoms with Crippen molar-refractivity contribution >= 4 is 11.8 Å². The fourth-order valence-electron chi connectivity index (χ4n) is 0.888. The van der Waals surface area contributed by atoms with Gasteiger partial charge >= 0.3 is 0 Å². The second-order valence-electron chi connectivity index (χ2n) is 2.51. The molecule has 0 fully saturated rings. The molecule has 12 heavy (non-hydrogen) atoms. The molecule has 3 nitrogen and oxygen atoms in total. The number of aliphatic hydroxyl groups is 1. The highest BCUT2D eigenvalue weighted by molar-refractivity contribution is 5.63. The number of aliphatic hydroxyl groups excluding tert-OH is 1. The molecule has 0 aromatic carbocycles. The lowest BCUT2D eigenvalue weighted by molar-refractivity contribution is 0.343. The van der Waals surface area contributed by atoms with Crippen molar-refractivity contribution in [1.29, 1.82) is 0 Å². The van der Waals surface area contributed by atoms with Crippen molar-refractivity contribution in [3.8, 4) is 0 Å². The third kappa shape index (κ3) is 1.83. The number of aromatic nitrogens is 1. The Labute approximate surface area is 71.6 Å². The average molecular weight is 164 g/mol. The van der Waals surface area contributed by atoms with Gasteiger partial charge in [-0.15, -0.1) is 0 Å². The Morgan fingerprint density at radius 1 is 1.67 bits per heavy atom. The Balaban J connectivity index is 3.00. The number of nitrogens with zero attached hydrogens (tertiary/aromatic N) is 1. The summed E-state index contributed by atoms with van der Waals surface area (Å²) in [6, 6.07) is 1.85. The molecule has 3 N–H and O–H groups in total. The van der Waals surface area contributed by atoms with Crippen LogP contribution in [-0.4, -0.2) is 16.7 Å². The fourth-order valence-corrected chi connectivity index (χ4v) is 0.888. The minimum Gasteiger partial charge on any atom is -0.397 e. The Bertz CT molecular complexity index is 295. The highest BCUT2D eigenvalue weighted by Gasteiger charge is 1.97. The molecule has 0 spiro atoms. The zero-order valence-electron chi connectivity index (χ0n) is 6.99. The lowest BCUT2D eigenvalue weighted by Gasteiger charge is -2.01. The first kappa shape index (κ1) is 8.74. The van der Waals surface area contributed by atoms with Gasteiger partial charge < -0.3 is 10.8 Å². The summed E-state index contributed by atoms with van der Waals surface area (Å²) in [5.74, 6) is 0. The third-order valence-corrected chi connectivity index (χ3v) is 1.62. The van der Waals surface area contributed by atoms with Crippen LogP contribution in [0.3, 0.4) is 0 Å². The van der Waals surface area contributed by atoms with E-state index < -0.39 is 0 Å². The van der Waals surface area contributed by atoms with E-state index in [9.17, 15) is 0 Å². The van der Waals surface area contributed by atoms with Gasteiger partial charge in [-0.3, -0.25) is 4.98 Å². The highest BCUT2D eigenvalue weighted by Crippen LogP contribution is 2.14. The second kappa shape index (κ2) is 3.88. The predicted octanol–water partition coefficient (Wildman–Crippen LogP) is 0.978. The first-order chi connectivity index (χ1) is 5.75. The molecular weight excluding hydrogens is 152 g/mol. The van der Waals surface area contributed by atoms with Gasteiger partial charge in [0.05, 0.1) is 18.0 Å². The van der Waals surface area contributed by atoms with Crippen LogP contribution in [0.25, 0.3) is 6.08 Å². The number of hydrogen-bond donors (Lipinski definition) is 2.